The smallest absolute Gasteiger partial charge is 0.125 e. The molecule has 1 fully saturated rings. The molecular formula is C15H20FN3. The van der Waals surface area contributed by atoms with E-state index in [4.69, 9.17) is 4.98 Å². The summed E-state index contributed by atoms with van der Waals surface area (Å²) in [4.78, 5) is 4.76. The molecule has 1 aromatic heterocycles. The van der Waals surface area contributed by atoms with E-state index in [9.17, 15) is 4.39 Å². The van der Waals surface area contributed by atoms with E-state index in [2.05, 4.69) is 30.7 Å². The lowest BCUT2D eigenvalue weighted by molar-refractivity contribution is 0.492. The van der Waals surface area contributed by atoms with Gasteiger partial charge in [0.2, 0.25) is 0 Å². The molecule has 0 bridgehead atoms. The van der Waals surface area contributed by atoms with Crippen LogP contribution in [0.25, 0.3) is 11.0 Å². The van der Waals surface area contributed by atoms with Gasteiger partial charge in [-0.1, -0.05) is 6.92 Å². The van der Waals surface area contributed by atoms with Crippen LogP contribution in [0.15, 0.2) is 18.2 Å². The fraction of sp³-hybridized carbons (Fsp3) is 0.533. The molecule has 0 amide bonds. The Morgan fingerprint density at radius 3 is 2.79 bits per heavy atom. The molecule has 3 nitrogen and oxygen atoms in total. The molecule has 3 rings (SSSR count). The van der Waals surface area contributed by atoms with Crippen LogP contribution in [-0.2, 0) is 0 Å². The fourth-order valence-electron chi connectivity index (χ4n) is 3.04. The zero-order valence-electron chi connectivity index (χ0n) is 11.7. The summed E-state index contributed by atoms with van der Waals surface area (Å²) in [5.74, 6) is 1.88. The Hall–Kier alpha value is -1.42. The van der Waals surface area contributed by atoms with E-state index >= 15 is 0 Å². The highest BCUT2D eigenvalue weighted by Gasteiger charge is 2.30. The van der Waals surface area contributed by atoms with Gasteiger partial charge in [0.15, 0.2) is 0 Å². The Morgan fingerprint density at radius 2 is 2.16 bits per heavy atom. The number of nitrogens with zero attached hydrogens (tertiary/aromatic N) is 2. The zero-order chi connectivity index (χ0) is 13.6. The van der Waals surface area contributed by atoms with Crippen LogP contribution in [0.5, 0.6) is 0 Å². The number of hydrogen-bond donors (Lipinski definition) is 1. The van der Waals surface area contributed by atoms with Crippen LogP contribution in [0.1, 0.15) is 38.6 Å². The van der Waals surface area contributed by atoms with Crippen molar-refractivity contribution in [2.24, 2.45) is 5.92 Å². The predicted molar refractivity (Wildman–Crippen MR) is 74.9 cm³/mol. The van der Waals surface area contributed by atoms with E-state index in [0.29, 0.717) is 11.8 Å². The number of imidazole rings is 1. The van der Waals surface area contributed by atoms with Crippen molar-refractivity contribution >= 4 is 11.0 Å². The van der Waals surface area contributed by atoms with Gasteiger partial charge in [0, 0.05) is 18.5 Å². The topological polar surface area (TPSA) is 29.9 Å². The summed E-state index contributed by atoms with van der Waals surface area (Å²) in [6.07, 6.45) is 0. The molecule has 0 saturated carbocycles. The molecule has 2 unspecified atom stereocenters. The van der Waals surface area contributed by atoms with Crippen LogP contribution in [0.3, 0.4) is 0 Å². The van der Waals surface area contributed by atoms with E-state index in [0.717, 1.165) is 29.9 Å². The summed E-state index contributed by atoms with van der Waals surface area (Å²) < 4.78 is 15.7. The van der Waals surface area contributed by atoms with Crippen LogP contribution in [-0.4, -0.2) is 22.6 Å². The normalized spacial score (nSPS) is 23.6. The van der Waals surface area contributed by atoms with Crippen molar-refractivity contribution in [3.63, 3.8) is 0 Å². The Bertz CT molecular complexity index is 603. The predicted octanol–water partition coefficient (Wildman–Crippen LogP) is 3.08. The summed E-state index contributed by atoms with van der Waals surface area (Å²) in [5.41, 5.74) is 1.80. The second-order valence-corrected chi connectivity index (χ2v) is 5.81. The third-order valence-electron chi connectivity index (χ3n) is 4.04. The minimum atomic E-state index is -0.196. The molecule has 1 saturated heterocycles. The molecule has 0 radical (unpaired) electrons. The van der Waals surface area contributed by atoms with E-state index in [1.807, 2.05) is 0 Å². The summed E-state index contributed by atoms with van der Waals surface area (Å²) >= 11 is 0. The quantitative estimate of drug-likeness (QED) is 0.900. The molecule has 102 valence electrons. The average Bonchev–Trinajstić information content (AvgIpc) is 2.91. The highest BCUT2D eigenvalue weighted by Crippen LogP contribution is 2.32. The summed E-state index contributed by atoms with van der Waals surface area (Å²) in [7, 11) is 0. The first kappa shape index (κ1) is 12.6. The Labute approximate surface area is 112 Å². The molecular weight excluding hydrogens is 241 g/mol. The van der Waals surface area contributed by atoms with Gasteiger partial charge in [-0.25, -0.2) is 9.37 Å². The molecule has 2 heterocycles. The van der Waals surface area contributed by atoms with Gasteiger partial charge in [-0.2, -0.15) is 0 Å². The summed E-state index contributed by atoms with van der Waals surface area (Å²) in [5, 5.41) is 3.42. The lowest BCUT2D eigenvalue weighted by Crippen LogP contribution is -2.16. The summed E-state index contributed by atoms with van der Waals surface area (Å²) in [6.45, 7) is 8.49. The van der Waals surface area contributed by atoms with Gasteiger partial charge >= 0.3 is 0 Å². The van der Waals surface area contributed by atoms with E-state index in [-0.39, 0.29) is 11.9 Å². The second-order valence-electron chi connectivity index (χ2n) is 5.81. The maximum Gasteiger partial charge on any atom is 0.125 e. The number of nitrogens with one attached hydrogen (secondary N) is 1. The molecule has 2 atom stereocenters. The first-order chi connectivity index (χ1) is 9.08. The second kappa shape index (κ2) is 4.60. The number of halogens is 1. The first-order valence-electron chi connectivity index (χ1n) is 6.96. The van der Waals surface area contributed by atoms with E-state index < -0.39 is 0 Å². The van der Waals surface area contributed by atoms with Gasteiger partial charge in [-0.15, -0.1) is 0 Å². The van der Waals surface area contributed by atoms with Gasteiger partial charge < -0.3 is 9.88 Å². The van der Waals surface area contributed by atoms with Crippen molar-refractivity contribution in [3.8, 4) is 0 Å². The third kappa shape index (κ3) is 2.04. The highest BCUT2D eigenvalue weighted by atomic mass is 19.1. The molecule has 1 aliphatic rings. The van der Waals surface area contributed by atoms with Crippen LogP contribution < -0.4 is 5.32 Å². The van der Waals surface area contributed by atoms with E-state index in [1.54, 1.807) is 12.1 Å². The molecule has 1 N–H and O–H groups in total. The number of rotatable bonds is 2. The Balaban J connectivity index is 2.20. The van der Waals surface area contributed by atoms with Gasteiger partial charge in [0.25, 0.3) is 0 Å². The van der Waals surface area contributed by atoms with Crippen LogP contribution in [0.4, 0.5) is 4.39 Å². The Kier molecular flexibility index (Phi) is 3.05. The van der Waals surface area contributed by atoms with Gasteiger partial charge in [0.1, 0.15) is 11.6 Å². The van der Waals surface area contributed by atoms with Crippen molar-refractivity contribution in [1.29, 1.82) is 0 Å². The maximum absolute atomic E-state index is 13.5. The minimum Gasteiger partial charge on any atom is -0.325 e. The molecule has 2 aromatic rings. The van der Waals surface area contributed by atoms with Crippen LogP contribution in [0.2, 0.25) is 0 Å². The summed E-state index contributed by atoms with van der Waals surface area (Å²) in [6, 6.07) is 5.15. The lowest BCUT2D eigenvalue weighted by Gasteiger charge is -2.19. The molecule has 19 heavy (non-hydrogen) atoms. The molecule has 0 aliphatic carbocycles. The van der Waals surface area contributed by atoms with Crippen molar-refractivity contribution in [3.05, 3.63) is 29.8 Å². The van der Waals surface area contributed by atoms with Gasteiger partial charge in [0.05, 0.1) is 11.0 Å². The number of fused-ring (bicyclic) bond motifs is 1. The Morgan fingerprint density at radius 1 is 1.37 bits per heavy atom. The third-order valence-corrected chi connectivity index (χ3v) is 4.04. The van der Waals surface area contributed by atoms with Gasteiger partial charge in [-0.3, -0.25) is 0 Å². The first-order valence-corrected chi connectivity index (χ1v) is 6.96. The monoisotopic (exact) mass is 261 g/mol. The molecule has 1 aliphatic heterocycles. The number of benzene rings is 1. The van der Waals surface area contributed by atoms with Crippen LogP contribution >= 0.6 is 0 Å². The maximum atomic E-state index is 13.5. The zero-order valence-corrected chi connectivity index (χ0v) is 11.7. The average molecular weight is 261 g/mol. The SMILES string of the molecule is CC1CNCC1c1nc2ccc(F)cc2n1C(C)C. The number of hydrogen-bond acceptors (Lipinski definition) is 2. The van der Waals surface area contributed by atoms with Crippen molar-refractivity contribution in [2.45, 2.75) is 32.7 Å². The minimum absolute atomic E-state index is 0.196. The molecule has 4 heteroatoms. The fourth-order valence-corrected chi connectivity index (χ4v) is 3.04. The van der Waals surface area contributed by atoms with Crippen LogP contribution in [0, 0.1) is 11.7 Å². The number of aromatic nitrogens is 2. The molecule has 0 spiro atoms. The van der Waals surface area contributed by atoms with Gasteiger partial charge in [-0.05, 0) is 44.5 Å². The van der Waals surface area contributed by atoms with E-state index in [1.165, 1.54) is 6.07 Å². The van der Waals surface area contributed by atoms with Crippen molar-refractivity contribution in [2.75, 3.05) is 13.1 Å². The highest BCUT2D eigenvalue weighted by molar-refractivity contribution is 5.76. The van der Waals surface area contributed by atoms with Crippen molar-refractivity contribution in [1.82, 2.24) is 14.9 Å². The standard InChI is InChI=1S/C15H20FN3/c1-9(2)19-14-6-11(16)4-5-13(14)18-15(19)12-8-17-7-10(12)3/h4-6,9-10,12,17H,7-8H2,1-3H3. The lowest BCUT2D eigenvalue weighted by atomic mass is 9.97. The van der Waals surface area contributed by atoms with Crippen molar-refractivity contribution < 1.29 is 4.39 Å². The molecule has 1 aromatic carbocycles. The largest absolute Gasteiger partial charge is 0.325 e.